The van der Waals surface area contributed by atoms with Crippen molar-refractivity contribution in [1.82, 2.24) is 0 Å². The lowest BCUT2D eigenvalue weighted by Gasteiger charge is -2.11. The van der Waals surface area contributed by atoms with E-state index in [2.05, 4.69) is 37.2 Å². The van der Waals surface area contributed by atoms with Crippen LogP contribution in [0.25, 0.3) is 6.08 Å². The number of carbonyl (C=O) groups excluding carboxylic acids is 1. The third-order valence-electron chi connectivity index (χ3n) is 4.46. The van der Waals surface area contributed by atoms with Crippen molar-refractivity contribution in [1.29, 1.82) is 5.26 Å². The van der Waals surface area contributed by atoms with Gasteiger partial charge in [0.2, 0.25) is 0 Å². The van der Waals surface area contributed by atoms with E-state index in [9.17, 15) is 10.1 Å². The van der Waals surface area contributed by atoms with Gasteiger partial charge in [-0.1, -0.05) is 61.7 Å². The summed E-state index contributed by atoms with van der Waals surface area (Å²) in [5, 5.41) is 12.9. The Balaban J connectivity index is 1.84. The number of benzene rings is 3. The Morgan fingerprint density at radius 2 is 1.84 bits per heavy atom. The number of ether oxygens (including phenoxy) is 1. The molecule has 0 saturated carbocycles. The number of halogens is 3. The van der Waals surface area contributed by atoms with Gasteiger partial charge >= 0.3 is 0 Å². The van der Waals surface area contributed by atoms with Crippen molar-refractivity contribution in [3.05, 3.63) is 96.9 Å². The maximum Gasteiger partial charge on any atom is 0.266 e. The van der Waals surface area contributed by atoms with E-state index in [-0.39, 0.29) is 5.57 Å². The van der Waals surface area contributed by atoms with Crippen LogP contribution >= 0.6 is 43.5 Å². The molecule has 0 aliphatic carbocycles. The van der Waals surface area contributed by atoms with Gasteiger partial charge in [0.25, 0.3) is 5.91 Å². The summed E-state index contributed by atoms with van der Waals surface area (Å²) in [7, 11) is 0. The molecule has 1 amide bonds. The Labute approximate surface area is 202 Å². The van der Waals surface area contributed by atoms with Crippen LogP contribution in [0.3, 0.4) is 0 Å². The molecule has 0 atom stereocenters. The highest BCUT2D eigenvalue weighted by Crippen LogP contribution is 2.28. The van der Waals surface area contributed by atoms with Gasteiger partial charge in [-0.05, 0) is 66.6 Å². The van der Waals surface area contributed by atoms with Gasteiger partial charge in [-0.25, -0.2) is 0 Å². The number of rotatable bonds is 6. The third-order valence-corrected chi connectivity index (χ3v) is 5.89. The molecule has 0 heterocycles. The molecule has 0 spiro atoms. The van der Waals surface area contributed by atoms with Crippen LogP contribution in [-0.2, 0) is 11.4 Å². The number of hydrogen-bond donors (Lipinski definition) is 1. The summed E-state index contributed by atoms with van der Waals surface area (Å²) >= 11 is 13.0. The van der Waals surface area contributed by atoms with Gasteiger partial charge in [-0.2, -0.15) is 5.26 Å². The predicted molar refractivity (Wildman–Crippen MR) is 131 cm³/mol. The van der Waals surface area contributed by atoms with Gasteiger partial charge in [0, 0.05) is 25.2 Å². The Bertz CT molecular complexity index is 1190. The van der Waals surface area contributed by atoms with E-state index in [1.165, 1.54) is 6.08 Å². The third kappa shape index (κ3) is 6.20. The fourth-order valence-electron chi connectivity index (χ4n) is 2.74. The van der Waals surface area contributed by atoms with Crippen LogP contribution in [0.15, 0.2) is 75.2 Å². The highest BCUT2D eigenvalue weighted by Gasteiger charge is 2.14. The summed E-state index contributed by atoms with van der Waals surface area (Å²) in [5.41, 5.74) is 2.85. The Morgan fingerprint density at radius 3 is 2.55 bits per heavy atom. The number of hydrogen-bond acceptors (Lipinski definition) is 3. The van der Waals surface area contributed by atoms with Crippen LogP contribution in [0, 0.1) is 18.3 Å². The summed E-state index contributed by atoms with van der Waals surface area (Å²) in [5.74, 6) is 0.0392. The van der Waals surface area contributed by atoms with Gasteiger partial charge in [-0.3, -0.25) is 4.79 Å². The van der Waals surface area contributed by atoms with Gasteiger partial charge < -0.3 is 10.1 Å². The highest BCUT2D eigenvalue weighted by molar-refractivity contribution is 9.10. The second-order valence-corrected chi connectivity index (χ2v) is 8.87. The van der Waals surface area contributed by atoms with Gasteiger partial charge in [0.1, 0.15) is 24.0 Å². The topological polar surface area (TPSA) is 62.1 Å². The molecule has 4 nitrogen and oxygen atoms in total. The first-order chi connectivity index (χ1) is 14.9. The molecule has 0 fully saturated rings. The van der Waals surface area contributed by atoms with E-state index in [0.717, 1.165) is 20.1 Å². The molecule has 0 aliphatic heterocycles. The average Bonchev–Trinajstić information content (AvgIpc) is 2.75. The lowest BCUT2D eigenvalue weighted by atomic mass is 10.1. The van der Waals surface area contributed by atoms with E-state index in [4.69, 9.17) is 16.3 Å². The predicted octanol–water partition coefficient (Wildman–Crippen LogP) is 7.30. The van der Waals surface area contributed by atoms with Crippen LogP contribution in [0.1, 0.15) is 16.7 Å². The molecule has 0 aliphatic rings. The second-order valence-electron chi connectivity index (χ2n) is 6.63. The maximum absolute atomic E-state index is 12.7. The summed E-state index contributed by atoms with van der Waals surface area (Å²) in [4.78, 5) is 12.7. The number of carbonyl (C=O) groups is 1. The van der Waals surface area contributed by atoms with Gasteiger partial charge in [-0.15, -0.1) is 0 Å². The first-order valence-electron chi connectivity index (χ1n) is 9.22. The molecule has 0 saturated heterocycles. The second kappa shape index (κ2) is 10.6. The van der Waals surface area contributed by atoms with E-state index in [1.54, 1.807) is 37.3 Å². The first kappa shape index (κ1) is 23.1. The molecule has 0 bridgehead atoms. The standard InChI is InChI=1S/C24H17Br2ClN2O2/c1-15-21(27)3-2-4-22(15)29-24(30)18(13-28)11-17-12-20(26)9-10-23(17)31-14-16-5-7-19(25)8-6-16/h2-12H,14H2,1H3,(H,29,30)/b18-11-. The Kier molecular flexibility index (Phi) is 7.91. The molecule has 3 aromatic rings. The van der Waals surface area contributed by atoms with E-state index < -0.39 is 5.91 Å². The average molecular weight is 561 g/mol. The maximum atomic E-state index is 12.7. The minimum absolute atomic E-state index is 0.0500. The molecule has 3 rings (SSSR count). The van der Waals surface area contributed by atoms with Crippen molar-refractivity contribution in [3.63, 3.8) is 0 Å². The molecule has 0 aromatic heterocycles. The minimum Gasteiger partial charge on any atom is -0.488 e. The quantitative estimate of drug-likeness (QED) is 0.254. The zero-order valence-corrected chi connectivity index (χ0v) is 20.4. The van der Waals surface area contributed by atoms with Crippen molar-refractivity contribution in [3.8, 4) is 11.8 Å². The number of nitrogens with one attached hydrogen (secondary N) is 1. The zero-order valence-electron chi connectivity index (χ0n) is 16.5. The number of nitrogens with zero attached hydrogens (tertiary/aromatic N) is 1. The first-order valence-corrected chi connectivity index (χ1v) is 11.2. The highest BCUT2D eigenvalue weighted by atomic mass is 79.9. The van der Waals surface area contributed by atoms with Crippen molar-refractivity contribution < 1.29 is 9.53 Å². The fourth-order valence-corrected chi connectivity index (χ4v) is 3.56. The van der Waals surface area contributed by atoms with E-state index in [1.807, 2.05) is 36.4 Å². The Morgan fingerprint density at radius 1 is 1.13 bits per heavy atom. The summed E-state index contributed by atoms with van der Waals surface area (Å²) in [6.07, 6.45) is 1.51. The zero-order chi connectivity index (χ0) is 22.4. The lowest BCUT2D eigenvalue weighted by Crippen LogP contribution is -2.14. The van der Waals surface area contributed by atoms with Crippen LogP contribution < -0.4 is 10.1 Å². The molecular weight excluding hydrogens is 544 g/mol. The Hall–Kier alpha value is -2.59. The van der Waals surface area contributed by atoms with Gasteiger partial charge in [0.05, 0.1) is 0 Å². The summed E-state index contributed by atoms with van der Waals surface area (Å²) in [6.45, 7) is 2.15. The molecule has 3 aromatic carbocycles. The minimum atomic E-state index is -0.522. The monoisotopic (exact) mass is 558 g/mol. The molecule has 31 heavy (non-hydrogen) atoms. The number of amides is 1. The van der Waals surface area contributed by atoms with Gasteiger partial charge in [0.15, 0.2) is 0 Å². The summed E-state index contributed by atoms with van der Waals surface area (Å²) < 4.78 is 7.75. The molecule has 7 heteroatoms. The number of anilines is 1. The van der Waals surface area contributed by atoms with Crippen molar-refractivity contribution in [2.24, 2.45) is 0 Å². The lowest BCUT2D eigenvalue weighted by molar-refractivity contribution is -0.112. The molecular formula is C24H17Br2ClN2O2. The van der Waals surface area contributed by atoms with Crippen LogP contribution in [0.2, 0.25) is 5.02 Å². The fraction of sp³-hybridized carbons (Fsp3) is 0.0833. The largest absolute Gasteiger partial charge is 0.488 e. The summed E-state index contributed by atoms with van der Waals surface area (Å²) in [6, 6.07) is 20.4. The van der Waals surface area contributed by atoms with Crippen LogP contribution in [0.4, 0.5) is 5.69 Å². The van der Waals surface area contributed by atoms with Crippen LogP contribution in [0.5, 0.6) is 5.75 Å². The normalized spacial score (nSPS) is 11.0. The van der Waals surface area contributed by atoms with Crippen molar-refractivity contribution in [2.45, 2.75) is 13.5 Å². The molecule has 156 valence electrons. The molecule has 0 unspecified atom stereocenters. The molecule has 0 radical (unpaired) electrons. The van der Waals surface area contributed by atoms with E-state index >= 15 is 0 Å². The van der Waals surface area contributed by atoms with Crippen LogP contribution in [-0.4, -0.2) is 5.91 Å². The van der Waals surface area contributed by atoms with E-state index in [0.29, 0.717) is 28.6 Å². The van der Waals surface area contributed by atoms with Crippen molar-refractivity contribution in [2.75, 3.05) is 5.32 Å². The molecule has 1 N–H and O–H groups in total. The smallest absolute Gasteiger partial charge is 0.266 e. The SMILES string of the molecule is Cc1c(Cl)cccc1NC(=O)/C(C#N)=C\c1cc(Br)ccc1OCc1ccc(Br)cc1. The van der Waals surface area contributed by atoms with Crippen molar-refractivity contribution >= 4 is 61.1 Å². The number of nitriles is 1.